The van der Waals surface area contributed by atoms with Gasteiger partial charge < -0.3 is 4.74 Å². The third-order valence-electron chi connectivity index (χ3n) is 4.77. The van der Waals surface area contributed by atoms with Gasteiger partial charge in [0.2, 0.25) is 0 Å². The molecule has 0 heterocycles. The Balaban J connectivity index is 3.87. The van der Waals surface area contributed by atoms with E-state index in [4.69, 9.17) is 4.74 Å². The van der Waals surface area contributed by atoms with Crippen molar-refractivity contribution in [3.8, 4) is 0 Å². The second-order valence-electron chi connectivity index (χ2n) is 7.39. The van der Waals surface area contributed by atoms with Crippen molar-refractivity contribution < 1.29 is 9.53 Å². The van der Waals surface area contributed by atoms with E-state index < -0.39 is 0 Å². The van der Waals surface area contributed by atoms with Crippen molar-refractivity contribution in [3.63, 3.8) is 0 Å². The molecule has 0 aromatic rings. The summed E-state index contributed by atoms with van der Waals surface area (Å²) in [5, 5.41) is 0. The minimum Gasteiger partial charge on any atom is -0.465 e. The van der Waals surface area contributed by atoms with Crippen LogP contribution >= 0.6 is 0 Å². The maximum absolute atomic E-state index is 12.1. The van der Waals surface area contributed by atoms with Crippen LogP contribution in [0.1, 0.15) is 111 Å². The molecule has 3 nitrogen and oxygen atoms in total. The van der Waals surface area contributed by atoms with Crippen molar-refractivity contribution in [3.05, 3.63) is 0 Å². The fraction of sp³-hybridized carbons (Fsp3) is 0.955. The van der Waals surface area contributed by atoms with Crippen LogP contribution in [0.3, 0.4) is 0 Å². The van der Waals surface area contributed by atoms with E-state index in [2.05, 4.69) is 25.7 Å². The molecule has 0 aromatic heterocycles. The number of ether oxygens (including phenoxy) is 1. The van der Waals surface area contributed by atoms with E-state index in [0.717, 1.165) is 19.5 Å². The van der Waals surface area contributed by atoms with E-state index in [-0.39, 0.29) is 5.97 Å². The number of nitrogens with zero attached hydrogens (tertiary/aromatic N) is 1. The molecule has 0 radical (unpaired) electrons. The lowest BCUT2D eigenvalue weighted by Gasteiger charge is -2.21. The third kappa shape index (κ3) is 18.0. The Bertz CT molecular complexity index is 269. The first-order valence-electron chi connectivity index (χ1n) is 11.1. The maximum atomic E-state index is 12.1. The highest BCUT2D eigenvalue weighted by Gasteiger charge is 2.11. The van der Waals surface area contributed by atoms with Gasteiger partial charge in [0.25, 0.3) is 0 Å². The average molecular weight is 356 g/mol. The monoisotopic (exact) mass is 355 g/mol. The van der Waals surface area contributed by atoms with Gasteiger partial charge in [-0.2, -0.15) is 0 Å². The predicted octanol–water partition coefficient (Wildman–Crippen LogP) is 6.35. The van der Waals surface area contributed by atoms with Gasteiger partial charge in [-0.05, 0) is 32.4 Å². The summed E-state index contributed by atoms with van der Waals surface area (Å²) >= 11 is 0. The molecule has 0 aliphatic carbocycles. The van der Waals surface area contributed by atoms with E-state index >= 15 is 0 Å². The Morgan fingerprint density at radius 3 is 1.60 bits per heavy atom. The van der Waals surface area contributed by atoms with Crippen LogP contribution in [0.5, 0.6) is 0 Å². The molecule has 0 rings (SSSR count). The highest BCUT2D eigenvalue weighted by Crippen LogP contribution is 2.07. The molecule has 0 saturated carbocycles. The van der Waals surface area contributed by atoms with Crippen LogP contribution < -0.4 is 0 Å². The van der Waals surface area contributed by atoms with Crippen molar-refractivity contribution in [2.24, 2.45) is 0 Å². The summed E-state index contributed by atoms with van der Waals surface area (Å²) < 4.78 is 5.45. The van der Waals surface area contributed by atoms with E-state index in [1.165, 1.54) is 83.5 Å². The molecule has 0 fully saturated rings. The van der Waals surface area contributed by atoms with Gasteiger partial charge in [0.05, 0.1) is 13.2 Å². The highest BCUT2D eigenvalue weighted by molar-refractivity contribution is 5.71. The van der Waals surface area contributed by atoms with Crippen LogP contribution in [0.2, 0.25) is 0 Å². The molecule has 0 aliphatic heterocycles. The molecule has 0 spiro atoms. The van der Waals surface area contributed by atoms with Gasteiger partial charge in [0.15, 0.2) is 0 Å². The SMILES string of the molecule is CCCCCCCCOC(=O)CN(CCCCCC)CCCCCC. The van der Waals surface area contributed by atoms with E-state index in [9.17, 15) is 4.79 Å². The summed E-state index contributed by atoms with van der Waals surface area (Å²) in [6, 6.07) is 0. The Kier molecular flexibility index (Phi) is 19.3. The van der Waals surface area contributed by atoms with Crippen LogP contribution in [0.4, 0.5) is 0 Å². The standard InChI is InChI=1S/C22H45NO2/c1-4-7-10-13-14-17-20-25-22(24)21-23(18-15-11-8-5-2)19-16-12-9-6-3/h4-21H2,1-3H3. The van der Waals surface area contributed by atoms with Gasteiger partial charge in [-0.1, -0.05) is 91.4 Å². The molecule has 0 aromatic carbocycles. The van der Waals surface area contributed by atoms with Crippen molar-refractivity contribution in [1.29, 1.82) is 0 Å². The summed E-state index contributed by atoms with van der Waals surface area (Å²) in [6.07, 6.45) is 17.5. The van der Waals surface area contributed by atoms with Crippen LogP contribution in [-0.4, -0.2) is 37.1 Å². The van der Waals surface area contributed by atoms with Crippen molar-refractivity contribution in [2.75, 3.05) is 26.2 Å². The fourth-order valence-electron chi connectivity index (χ4n) is 3.09. The van der Waals surface area contributed by atoms with Crippen LogP contribution in [0, 0.1) is 0 Å². The fourth-order valence-corrected chi connectivity index (χ4v) is 3.09. The zero-order valence-corrected chi connectivity index (χ0v) is 17.5. The summed E-state index contributed by atoms with van der Waals surface area (Å²) in [4.78, 5) is 14.4. The molecule has 0 unspecified atom stereocenters. The topological polar surface area (TPSA) is 29.5 Å². The number of rotatable bonds is 19. The Hall–Kier alpha value is -0.570. The van der Waals surface area contributed by atoms with Crippen molar-refractivity contribution in [1.82, 2.24) is 4.90 Å². The summed E-state index contributed by atoms with van der Waals surface area (Å²) in [7, 11) is 0. The quantitative estimate of drug-likeness (QED) is 0.200. The van der Waals surface area contributed by atoms with E-state index in [0.29, 0.717) is 13.2 Å². The van der Waals surface area contributed by atoms with Crippen molar-refractivity contribution >= 4 is 5.97 Å². The predicted molar refractivity (Wildman–Crippen MR) is 109 cm³/mol. The first-order valence-corrected chi connectivity index (χ1v) is 11.1. The minimum absolute atomic E-state index is 0.0282. The zero-order chi connectivity index (χ0) is 18.6. The first-order chi connectivity index (χ1) is 12.2. The number of hydrogen-bond acceptors (Lipinski definition) is 3. The smallest absolute Gasteiger partial charge is 0.320 e. The zero-order valence-electron chi connectivity index (χ0n) is 17.5. The molecule has 0 saturated heterocycles. The average Bonchev–Trinajstić information content (AvgIpc) is 2.61. The van der Waals surface area contributed by atoms with E-state index in [1.807, 2.05) is 0 Å². The number of carbonyl (C=O) groups excluding carboxylic acids is 1. The van der Waals surface area contributed by atoms with E-state index in [1.54, 1.807) is 0 Å². The molecular weight excluding hydrogens is 310 g/mol. The largest absolute Gasteiger partial charge is 0.465 e. The second-order valence-corrected chi connectivity index (χ2v) is 7.39. The molecular formula is C22H45NO2. The lowest BCUT2D eigenvalue weighted by atomic mass is 10.1. The molecule has 150 valence electrons. The first kappa shape index (κ1) is 24.4. The molecule has 0 aliphatic rings. The van der Waals surface area contributed by atoms with Gasteiger partial charge in [0.1, 0.15) is 0 Å². The lowest BCUT2D eigenvalue weighted by molar-refractivity contribution is -0.145. The van der Waals surface area contributed by atoms with Crippen LogP contribution in [0.15, 0.2) is 0 Å². The van der Waals surface area contributed by atoms with Gasteiger partial charge in [-0.25, -0.2) is 0 Å². The molecule has 0 bridgehead atoms. The third-order valence-corrected chi connectivity index (χ3v) is 4.77. The van der Waals surface area contributed by atoms with Crippen LogP contribution in [0.25, 0.3) is 0 Å². The molecule has 0 N–H and O–H groups in total. The van der Waals surface area contributed by atoms with Gasteiger partial charge in [0, 0.05) is 0 Å². The number of hydrogen-bond donors (Lipinski definition) is 0. The maximum Gasteiger partial charge on any atom is 0.320 e. The number of unbranched alkanes of at least 4 members (excludes halogenated alkanes) is 11. The van der Waals surface area contributed by atoms with Crippen molar-refractivity contribution in [2.45, 2.75) is 111 Å². The van der Waals surface area contributed by atoms with Gasteiger partial charge in [-0.3, -0.25) is 9.69 Å². The Morgan fingerprint density at radius 2 is 1.08 bits per heavy atom. The Morgan fingerprint density at radius 1 is 0.640 bits per heavy atom. The van der Waals surface area contributed by atoms with Gasteiger partial charge in [-0.15, -0.1) is 0 Å². The lowest BCUT2D eigenvalue weighted by Crippen LogP contribution is -2.33. The summed E-state index contributed by atoms with van der Waals surface area (Å²) in [5.41, 5.74) is 0. The van der Waals surface area contributed by atoms with Crippen LogP contribution in [-0.2, 0) is 9.53 Å². The van der Waals surface area contributed by atoms with Gasteiger partial charge >= 0.3 is 5.97 Å². The minimum atomic E-state index is -0.0282. The second kappa shape index (κ2) is 19.8. The molecule has 0 atom stereocenters. The number of carbonyl (C=O) groups is 1. The molecule has 25 heavy (non-hydrogen) atoms. The number of esters is 1. The highest BCUT2D eigenvalue weighted by atomic mass is 16.5. The normalized spacial score (nSPS) is 11.2. The summed E-state index contributed by atoms with van der Waals surface area (Å²) in [6.45, 7) is 9.87. The summed E-state index contributed by atoms with van der Waals surface area (Å²) in [5.74, 6) is -0.0282. The molecule has 3 heteroatoms. The molecule has 0 amide bonds. The Labute approximate surface area is 157 Å².